The van der Waals surface area contributed by atoms with Crippen LogP contribution in [0.5, 0.6) is 5.75 Å². The van der Waals surface area contributed by atoms with Crippen LogP contribution >= 0.6 is 0 Å². The number of fused-ring (bicyclic) bond motifs is 1. The van der Waals surface area contributed by atoms with E-state index in [9.17, 15) is 35.1 Å². The van der Waals surface area contributed by atoms with Gasteiger partial charge in [0.2, 0.25) is 0 Å². The van der Waals surface area contributed by atoms with Crippen LogP contribution in [0.25, 0.3) is 22.0 Å². The van der Waals surface area contributed by atoms with Gasteiger partial charge in [-0.2, -0.15) is 22.0 Å². The van der Waals surface area contributed by atoms with Crippen LogP contribution in [0.1, 0.15) is 54.0 Å². The molecule has 1 heterocycles. The second-order valence-electron chi connectivity index (χ2n) is 11.1. The van der Waals surface area contributed by atoms with Gasteiger partial charge in [0, 0.05) is 28.6 Å². The summed E-state index contributed by atoms with van der Waals surface area (Å²) in [6.45, 7) is 2.11. The number of hydrogen-bond donors (Lipinski definition) is 0. The first-order valence-electron chi connectivity index (χ1n) is 15.0. The average molecular weight is 700 g/mol. The molecule has 1 aromatic heterocycles. The molecule has 0 bridgehead atoms. The Morgan fingerprint density at radius 3 is 2.10 bits per heavy atom. The SMILES string of the molecule is CCCCCc1ccc(-c2ccc(C#Cc3cc(F)c(C(F)(F)Oc4ccc5c(F)c(C#CC(F)(F)F)c(F)cc5c4)c(F)c3)c(F)c2)nc1. The number of ether oxygens (including phenoxy) is 1. The lowest BCUT2D eigenvalue weighted by Crippen LogP contribution is -2.25. The lowest BCUT2D eigenvalue weighted by atomic mass is 10.0. The first kappa shape index (κ1) is 35.8. The van der Waals surface area contributed by atoms with Gasteiger partial charge in [0.15, 0.2) is 0 Å². The van der Waals surface area contributed by atoms with Crippen LogP contribution in [0.4, 0.5) is 43.9 Å². The van der Waals surface area contributed by atoms with Crippen molar-refractivity contribution in [2.24, 2.45) is 0 Å². The van der Waals surface area contributed by atoms with E-state index in [-0.39, 0.29) is 5.56 Å². The molecule has 0 unspecified atom stereocenters. The van der Waals surface area contributed by atoms with Gasteiger partial charge in [0.05, 0.1) is 16.8 Å². The van der Waals surface area contributed by atoms with Gasteiger partial charge in [-0.1, -0.05) is 49.7 Å². The highest BCUT2D eigenvalue weighted by molar-refractivity contribution is 5.86. The van der Waals surface area contributed by atoms with Crippen LogP contribution in [-0.2, 0) is 12.5 Å². The number of halogens is 10. The summed E-state index contributed by atoms with van der Waals surface area (Å²) >= 11 is 0. The van der Waals surface area contributed by atoms with E-state index < -0.39 is 74.6 Å². The average Bonchev–Trinajstić information content (AvgIpc) is 3.03. The molecule has 0 N–H and O–H groups in total. The molecule has 0 fully saturated rings. The largest absolute Gasteiger partial charge is 0.458 e. The third kappa shape index (κ3) is 8.38. The smallest absolute Gasteiger partial charge is 0.429 e. The van der Waals surface area contributed by atoms with E-state index in [4.69, 9.17) is 0 Å². The van der Waals surface area contributed by atoms with Crippen molar-refractivity contribution in [3.05, 3.63) is 130 Å². The van der Waals surface area contributed by atoms with Crippen molar-refractivity contribution in [3.63, 3.8) is 0 Å². The minimum atomic E-state index is -5.03. The molecule has 4 aromatic carbocycles. The molecule has 50 heavy (non-hydrogen) atoms. The molecule has 0 aliphatic heterocycles. The van der Waals surface area contributed by atoms with Crippen molar-refractivity contribution in [1.82, 2.24) is 4.98 Å². The standard InChI is InChI=1S/C38H23F10NO/c1-2-3-4-5-22-7-13-34(49-21-22)25-10-9-24(30(39)19-25)8-6-23-16-32(41)35(33(42)17-23)38(47,48)50-27-11-12-28-26(18-27)20-31(40)29(36(28)43)14-15-37(44,45)46/h7,9-13,16-21H,2-5H2,1H3. The fourth-order valence-corrected chi connectivity index (χ4v) is 4.98. The minimum Gasteiger partial charge on any atom is -0.429 e. The maximum absolute atomic E-state index is 15.0. The number of alkyl halides is 5. The third-order valence-corrected chi connectivity index (χ3v) is 7.41. The predicted octanol–water partition coefficient (Wildman–Crippen LogP) is 10.8. The van der Waals surface area contributed by atoms with Crippen molar-refractivity contribution >= 4 is 10.8 Å². The molecule has 0 spiro atoms. The second kappa shape index (κ2) is 14.6. The Morgan fingerprint density at radius 2 is 1.46 bits per heavy atom. The van der Waals surface area contributed by atoms with Crippen molar-refractivity contribution in [3.8, 4) is 40.7 Å². The molecule has 0 aliphatic carbocycles. The summed E-state index contributed by atoms with van der Waals surface area (Å²) in [5.41, 5.74) is -1.48. The van der Waals surface area contributed by atoms with Crippen molar-refractivity contribution in [2.45, 2.75) is 44.9 Å². The summed E-state index contributed by atoms with van der Waals surface area (Å²) in [5, 5.41) is -0.895. The highest BCUT2D eigenvalue weighted by atomic mass is 19.4. The summed E-state index contributed by atoms with van der Waals surface area (Å²) < 4.78 is 145. The number of nitrogens with zero attached hydrogens (tertiary/aromatic N) is 1. The van der Waals surface area contributed by atoms with Gasteiger partial charge < -0.3 is 4.74 Å². The van der Waals surface area contributed by atoms with Crippen LogP contribution in [-0.4, -0.2) is 11.2 Å². The van der Waals surface area contributed by atoms with Crippen LogP contribution in [0, 0.1) is 52.8 Å². The van der Waals surface area contributed by atoms with Gasteiger partial charge >= 0.3 is 12.3 Å². The molecule has 2 nitrogen and oxygen atoms in total. The summed E-state index contributed by atoms with van der Waals surface area (Å²) in [5.74, 6) is -1.20. The van der Waals surface area contributed by atoms with E-state index in [0.717, 1.165) is 49.3 Å². The molecule has 256 valence electrons. The van der Waals surface area contributed by atoms with Crippen molar-refractivity contribution in [1.29, 1.82) is 0 Å². The summed E-state index contributed by atoms with van der Waals surface area (Å²) in [7, 11) is 0. The molecule has 12 heteroatoms. The number of aryl methyl sites for hydroxylation is 1. The fraction of sp³-hybridized carbons (Fsp3) is 0.184. The van der Waals surface area contributed by atoms with Crippen LogP contribution in [0.15, 0.2) is 72.9 Å². The van der Waals surface area contributed by atoms with E-state index in [1.165, 1.54) is 18.1 Å². The highest BCUT2D eigenvalue weighted by Gasteiger charge is 2.41. The van der Waals surface area contributed by atoms with Gasteiger partial charge in [-0.15, -0.1) is 0 Å². The lowest BCUT2D eigenvalue weighted by molar-refractivity contribution is -0.189. The zero-order valence-electron chi connectivity index (χ0n) is 25.9. The third-order valence-electron chi connectivity index (χ3n) is 7.41. The molecule has 5 rings (SSSR count). The van der Waals surface area contributed by atoms with E-state index in [0.29, 0.717) is 35.5 Å². The van der Waals surface area contributed by atoms with Crippen LogP contribution in [0.2, 0.25) is 0 Å². The van der Waals surface area contributed by atoms with E-state index in [1.807, 2.05) is 6.07 Å². The van der Waals surface area contributed by atoms with Gasteiger partial charge in [-0.05, 0) is 78.4 Å². The first-order chi connectivity index (χ1) is 23.6. The maximum atomic E-state index is 15.0. The summed E-state index contributed by atoms with van der Waals surface area (Å²) in [4.78, 5) is 4.38. The topological polar surface area (TPSA) is 22.1 Å². The molecular weight excluding hydrogens is 676 g/mol. The number of benzene rings is 4. The molecule has 0 radical (unpaired) electrons. The number of pyridine rings is 1. The lowest BCUT2D eigenvalue weighted by Gasteiger charge is -2.20. The quantitative estimate of drug-likeness (QED) is 0.0914. The molecule has 0 saturated carbocycles. The number of unbranched alkanes of at least 4 members (excludes halogenated alkanes) is 2. The molecule has 0 amide bonds. The Kier molecular flexibility index (Phi) is 10.4. The highest BCUT2D eigenvalue weighted by Crippen LogP contribution is 2.37. The monoisotopic (exact) mass is 699 g/mol. The van der Waals surface area contributed by atoms with Gasteiger partial charge in [-0.3, -0.25) is 4.98 Å². The molecule has 0 atom stereocenters. The fourth-order valence-electron chi connectivity index (χ4n) is 4.98. The van der Waals surface area contributed by atoms with Gasteiger partial charge in [0.25, 0.3) is 0 Å². The normalized spacial score (nSPS) is 11.5. The zero-order valence-corrected chi connectivity index (χ0v) is 25.9. The molecule has 0 aliphatic rings. The number of aromatic nitrogens is 1. The number of hydrogen-bond acceptors (Lipinski definition) is 2. The molecular formula is C38H23F10NO. The van der Waals surface area contributed by atoms with Crippen molar-refractivity contribution < 1.29 is 48.6 Å². The van der Waals surface area contributed by atoms with Gasteiger partial charge in [-0.25, -0.2) is 22.0 Å². The Balaban J connectivity index is 1.34. The number of rotatable bonds is 8. The van der Waals surface area contributed by atoms with Crippen molar-refractivity contribution in [2.75, 3.05) is 0 Å². The summed E-state index contributed by atoms with van der Waals surface area (Å²) in [6, 6.07) is 11.6. The minimum absolute atomic E-state index is 0.132. The van der Waals surface area contributed by atoms with Crippen LogP contribution < -0.4 is 4.74 Å². The summed E-state index contributed by atoms with van der Waals surface area (Å²) in [6.07, 6.45) is -3.87. The zero-order chi connectivity index (χ0) is 36.2. The van der Waals surface area contributed by atoms with E-state index >= 15 is 8.78 Å². The maximum Gasteiger partial charge on any atom is 0.458 e. The first-order valence-corrected chi connectivity index (χ1v) is 15.0. The Hall–Kier alpha value is -5.49. The second-order valence-corrected chi connectivity index (χ2v) is 11.1. The van der Waals surface area contributed by atoms with E-state index in [1.54, 1.807) is 18.3 Å². The predicted molar refractivity (Wildman–Crippen MR) is 167 cm³/mol. The van der Waals surface area contributed by atoms with Gasteiger partial charge in [0.1, 0.15) is 40.4 Å². The Labute approximate surface area is 279 Å². The van der Waals surface area contributed by atoms with E-state index in [2.05, 4.69) is 28.5 Å². The Bertz CT molecular complexity index is 2160. The van der Waals surface area contributed by atoms with Crippen LogP contribution in [0.3, 0.4) is 0 Å². The Morgan fingerprint density at radius 1 is 0.720 bits per heavy atom. The molecule has 5 aromatic rings. The molecule has 0 saturated heterocycles.